The Morgan fingerprint density at radius 2 is 1.79 bits per heavy atom. The molecule has 2 rings (SSSR count). The maximum atomic E-state index is 12.8. The third-order valence-corrected chi connectivity index (χ3v) is 2.36. The van der Waals surface area contributed by atoms with E-state index in [4.69, 9.17) is 0 Å². The molecule has 76 valence electrons. The summed E-state index contributed by atoms with van der Waals surface area (Å²) < 4.78 is 38.2. The molecule has 1 nitrogen and oxygen atoms in total. The van der Waals surface area contributed by atoms with Gasteiger partial charge in [-0.25, -0.2) is 13.2 Å². The maximum absolute atomic E-state index is 12.8. The molecule has 1 aromatic rings. The summed E-state index contributed by atoms with van der Waals surface area (Å²) in [5.74, 6) is -2.95. The van der Waals surface area contributed by atoms with Gasteiger partial charge in [0, 0.05) is 18.7 Å². The van der Waals surface area contributed by atoms with E-state index in [0.29, 0.717) is 12.2 Å². The summed E-state index contributed by atoms with van der Waals surface area (Å²) in [5.41, 5.74) is 0.656. The Hall–Kier alpha value is -1.19. The summed E-state index contributed by atoms with van der Waals surface area (Å²) >= 11 is 0. The van der Waals surface area contributed by atoms with Crippen LogP contribution in [0.5, 0.6) is 0 Å². The van der Waals surface area contributed by atoms with E-state index < -0.39 is 5.92 Å². The van der Waals surface area contributed by atoms with E-state index in [1.165, 1.54) is 24.3 Å². The highest BCUT2D eigenvalue weighted by Gasteiger charge is 2.38. The van der Waals surface area contributed by atoms with Crippen molar-refractivity contribution >= 4 is 5.69 Å². The smallest absolute Gasteiger partial charge is 0.266 e. The maximum Gasteiger partial charge on any atom is 0.266 e. The molecule has 0 spiro atoms. The molecule has 0 saturated carbocycles. The highest BCUT2D eigenvalue weighted by atomic mass is 19.3. The molecule has 1 fully saturated rings. The number of hydrogen-bond donors (Lipinski definition) is 0. The predicted molar refractivity (Wildman–Crippen MR) is 48.2 cm³/mol. The SMILES string of the molecule is Fc1ccc(N2CCC(F)(F)C2)cc1. The fourth-order valence-electron chi connectivity index (χ4n) is 1.61. The van der Waals surface area contributed by atoms with Gasteiger partial charge in [0.2, 0.25) is 0 Å². The predicted octanol–water partition coefficient (Wildman–Crippen LogP) is 2.67. The highest BCUT2D eigenvalue weighted by Crippen LogP contribution is 2.30. The van der Waals surface area contributed by atoms with Crippen molar-refractivity contribution in [2.24, 2.45) is 0 Å². The lowest BCUT2D eigenvalue weighted by atomic mass is 10.3. The molecule has 14 heavy (non-hydrogen) atoms. The van der Waals surface area contributed by atoms with Gasteiger partial charge in [0.25, 0.3) is 5.92 Å². The van der Waals surface area contributed by atoms with E-state index in [2.05, 4.69) is 0 Å². The molecule has 1 aromatic carbocycles. The van der Waals surface area contributed by atoms with Gasteiger partial charge in [0.15, 0.2) is 0 Å². The lowest BCUT2D eigenvalue weighted by molar-refractivity contribution is 0.0257. The first-order valence-corrected chi connectivity index (χ1v) is 4.45. The number of rotatable bonds is 1. The molecule has 0 aromatic heterocycles. The van der Waals surface area contributed by atoms with Crippen molar-refractivity contribution in [2.75, 3.05) is 18.0 Å². The van der Waals surface area contributed by atoms with E-state index in [0.717, 1.165) is 0 Å². The number of alkyl halides is 2. The van der Waals surface area contributed by atoms with Crippen LogP contribution in [0.3, 0.4) is 0 Å². The second-order valence-electron chi connectivity index (χ2n) is 3.50. The normalized spacial score (nSPS) is 20.1. The second-order valence-corrected chi connectivity index (χ2v) is 3.50. The third kappa shape index (κ3) is 1.84. The molecular formula is C10H10F3N. The van der Waals surface area contributed by atoms with E-state index in [1.54, 1.807) is 4.90 Å². The second kappa shape index (κ2) is 3.19. The zero-order valence-electron chi connectivity index (χ0n) is 7.51. The van der Waals surface area contributed by atoms with Crippen LogP contribution in [0.15, 0.2) is 24.3 Å². The zero-order chi connectivity index (χ0) is 10.2. The molecule has 1 heterocycles. The summed E-state index contributed by atoms with van der Waals surface area (Å²) in [4.78, 5) is 1.57. The van der Waals surface area contributed by atoms with Crippen LogP contribution in [0.1, 0.15) is 6.42 Å². The first-order valence-electron chi connectivity index (χ1n) is 4.45. The van der Waals surface area contributed by atoms with Crippen LogP contribution in [-0.4, -0.2) is 19.0 Å². The molecule has 0 amide bonds. The van der Waals surface area contributed by atoms with Crippen molar-refractivity contribution in [1.82, 2.24) is 0 Å². The van der Waals surface area contributed by atoms with Gasteiger partial charge in [-0.3, -0.25) is 0 Å². The Morgan fingerprint density at radius 1 is 1.14 bits per heavy atom. The molecule has 4 heteroatoms. The minimum absolute atomic E-state index is 0.121. The van der Waals surface area contributed by atoms with Crippen LogP contribution in [0.4, 0.5) is 18.9 Å². The van der Waals surface area contributed by atoms with Gasteiger partial charge in [-0.2, -0.15) is 0 Å². The molecule has 1 saturated heterocycles. The average Bonchev–Trinajstić information content (AvgIpc) is 2.47. The molecule has 1 aliphatic rings. The number of anilines is 1. The molecular weight excluding hydrogens is 191 g/mol. The van der Waals surface area contributed by atoms with Crippen molar-refractivity contribution in [3.05, 3.63) is 30.1 Å². The van der Waals surface area contributed by atoms with Gasteiger partial charge in [0.1, 0.15) is 5.82 Å². The van der Waals surface area contributed by atoms with Crippen molar-refractivity contribution in [3.8, 4) is 0 Å². The van der Waals surface area contributed by atoms with Crippen LogP contribution in [0.2, 0.25) is 0 Å². The number of benzene rings is 1. The van der Waals surface area contributed by atoms with Crippen molar-refractivity contribution in [3.63, 3.8) is 0 Å². The Bertz CT molecular complexity index is 321. The van der Waals surface area contributed by atoms with Crippen molar-refractivity contribution in [1.29, 1.82) is 0 Å². The fourth-order valence-corrected chi connectivity index (χ4v) is 1.61. The largest absolute Gasteiger partial charge is 0.365 e. The van der Waals surface area contributed by atoms with E-state index in [9.17, 15) is 13.2 Å². The van der Waals surface area contributed by atoms with Crippen molar-refractivity contribution < 1.29 is 13.2 Å². The first kappa shape index (κ1) is 9.37. The molecule has 0 aliphatic carbocycles. The van der Waals surface area contributed by atoms with Gasteiger partial charge in [-0.05, 0) is 24.3 Å². The summed E-state index contributed by atoms with van der Waals surface area (Å²) in [7, 11) is 0. The summed E-state index contributed by atoms with van der Waals surface area (Å²) in [5, 5.41) is 0. The Labute approximate surface area is 80.1 Å². The standard InChI is InChI=1S/C10H10F3N/c11-8-1-3-9(4-2-8)14-6-5-10(12,13)7-14/h1-4H,5-7H2. The van der Waals surface area contributed by atoms with Gasteiger partial charge < -0.3 is 4.90 Å². The molecule has 0 radical (unpaired) electrons. The van der Waals surface area contributed by atoms with Gasteiger partial charge in [0.05, 0.1) is 6.54 Å². The minimum Gasteiger partial charge on any atom is -0.365 e. The van der Waals surface area contributed by atoms with E-state index in [1.807, 2.05) is 0 Å². The highest BCUT2D eigenvalue weighted by molar-refractivity contribution is 5.47. The summed E-state index contributed by atoms with van der Waals surface area (Å²) in [6, 6.07) is 5.62. The minimum atomic E-state index is -2.60. The Morgan fingerprint density at radius 3 is 2.29 bits per heavy atom. The van der Waals surface area contributed by atoms with Crippen LogP contribution in [-0.2, 0) is 0 Å². The topological polar surface area (TPSA) is 3.24 Å². The Balaban J connectivity index is 2.14. The van der Waals surface area contributed by atoms with Gasteiger partial charge in [-0.15, -0.1) is 0 Å². The zero-order valence-corrected chi connectivity index (χ0v) is 7.51. The molecule has 0 atom stereocenters. The monoisotopic (exact) mass is 201 g/mol. The summed E-state index contributed by atoms with van der Waals surface area (Å²) in [6.07, 6.45) is -0.121. The van der Waals surface area contributed by atoms with Gasteiger partial charge >= 0.3 is 0 Å². The van der Waals surface area contributed by atoms with Crippen molar-refractivity contribution in [2.45, 2.75) is 12.3 Å². The lowest BCUT2D eigenvalue weighted by Gasteiger charge is -2.17. The van der Waals surface area contributed by atoms with E-state index >= 15 is 0 Å². The van der Waals surface area contributed by atoms with E-state index in [-0.39, 0.29) is 18.8 Å². The average molecular weight is 201 g/mol. The van der Waals surface area contributed by atoms with Crippen LogP contribution >= 0.6 is 0 Å². The molecule has 1 aliphatic heterocycles. The molecule has 0 N–H and O–H groups in total. The molecule has 0 unspecified atom stereocenters. The number of nitrogens with zero attached hydrogens (tertiary/aromatic N) is 1. The quantitative estimate of drug-likeness (QED) is 0.675. The van der Waals surface area contributed by atoms with Crippen LogP contribution in [0, 0.1) is 5.82 Å². The van der Waals surface area contributed by atoms with Crippen LogP contribution < -0.4 is 4.90 Å². The third-order valence-electron chi connectivity index (χ3n) is 2.36. The van der Waals surface area contributed by atoms with Crippen LogP contribution in [0.25, 0.3) is 0 Å². The molecule has 0 bridgehead atoms. The lowest BCUT2D eigenvalue weighted by Crippen LogP contribution is -2.24. The van der Waals surface area contributed by atoms with Gasteiger partial charge in [-0.1, -0.05) is 0 Å². The fraction of sp³-hybridized carbons (Fsp3) is 0.400. The Kier molecular flexibility index (Phi) is 2.13. The summed E-state index contributed by atoms with van der Waals surface area (Å²) in [6.45, 7) is 0.0667. The number of halogens is 3. The first-order chi connectivity index (χ1) is 6.57. The number of hydrogen-bond acceptors (Lipinski definition) is 1.